The molecule has 0 heterocycles. The Balaban J connectivity index is 1.98. The van der Waals surface area contributed by atoms with Gasteiger partial charge in [0.05, 0.1) is 11.7 Å². The Hall–Kier alpha value is -1.07. The Bertz CT molecular complexity index is 433. The molecule has 0 spiro atoms. The number of rotatable bonds is 3. The SMILES string of the molecule is COC1CC(NC(=O)c2cc(S)ccc2F)C1. The maximum Gasteiger partial charge on any atom is 0.254 e. The maximum absolute atomic E-state index is 13.4. The number of carbonyl (C=O) groups is 1. The zero-order chi connectivity index (χ0) is 12.4. The number of thiol groups is 1. The van der Waals surface area contributed by atoms with Crippen molar-refractivity contribution < 1.29 is 13.9 Å². The first-order chi connectivity index (χ1) is 8.10. The summed E-state index contributed by atoms with van der Waals surface area (Å²) in [4.78, 5) is 12.4. The standard InChI is InChI=1S/C12H14FNO2S/c1-16-8-4-7(5-8)14-12(15)10-6-9(17)2-3-11(10)13/h2-3,6-8,17H,4-5H2,1H3,(H,14,15). The summed E-state index contributed by atoms with van der Waals surface area (Å²) in [5, 5.41) is 2.77. The number of halogens is 1. The van der Waals surface area contributed by atoms with Crippen LogP contribution >= 0.6 is 12.6 Å². The van der Waals surface area contributed by atoms with Crippen LogP contribution in [0.3, 0.4) is 0 Å². The van der Waals surface area contributed by atoms with Crippen molar-refractivity contribution in [2.24, 2.45) is 0 Å². The summed E-state index contributed by atoms with van der Waals surface area (Å²) in [6.45, 7) is 0. The van der Waals surface area contributed by atoms with Crippen molar-refractivity contribution in [1.29, 1.82) is 0 Å². The largest absolute Gasteiger partial charge is 0.381 e. The van der Waals surface area contributed by atoms with Crippen LogP contribution in [0.15, 0.2) is 23.1 Å². The Labute approximate surface area is 105 Å². The quantitative estimate of drug-likeness (QED) is 0.811. The molecule has 0 bridgehead atoms. The summed E-state index contributed by atoms with van der Waals surface area (Å²) in [5.74, 6) is -0.916. The highest BCUT2D eigenvalue weighted by molar-refractivity contribution is 7.80. The summed E-state index contributed by atoms with van der Waals surface area (Å²) in [7, 11) is 1.65. The topological polar surface area (TPSA) is 38.3 Å². The number of ether oxygens (including phenoxy) is 1. The number of hydrogen-bond acceptors (Lipinski definition) is 3. The van der Waals surface area contributed by atoms with E-state index in [1.807, 2.05) is 0 Å². The molecule has 1 aromatic carbocycles. The third kappa shape index (κ3) is 2.79. The minimum Gasteiger partial charge on any atom is -0.381 e. The highest BCUT2D eigenvalue weighted by Crippen LogP contribution is 2.23. The highest BCUT2D eigenvalue weighted by atomic mass is 32.1. The maximum atomic E-state index is 13.4. The smallest absolute Gasteiger partial charge is 0.254 e. The van der Waals surface area contributed by atoms with Crippen LogP contribution in [0.5, 0.6) is 0 Å². The van der Waals surface area contributed by atoms with Crippen molar-refractivity contribution >= 4 is 18.5 Å². The molecule has 0 saturated heterocycles. The van der Waals surface area contributed by atoms with E-state index in [9.17, 15) is 9.18 Å². The van der Waals surface area contributed by atoms with E-state index in [1.165, 1.54) is 18.2 Å². The van der Waals surface area contributed by atoms with Crippen LogP contribution in [-0.4, -0.2) is 25.2 Å². The molecule has 1 saturated carbocycles. The molecule has 1 aliphatic rings. The minimum atomic E-state index is -0.525. The van der Waals surface area contributed by atoms with E-state index in [-0.39, 0.29) is 17.7 Å². The van der Waals surface area contributed by atoms with Crippen LogP contribution in [0, 0.1) is 5.82 Å². The molecule has 92 valence electrons. The lowest BCUT2D eigenvalue weighted by Crippen LogP contribution is -2.47. The summed E-state index contributed by atoms with van der Waals surface area (Å²) in [5.41, 5.74) is 0.0402. The molecule has 1 amide bonds. The van der Waals surface area contributed by atoms with Crippen LogP contribution in [-0.2, 0) is 4.74 Å². The van der Waals surface area contributed by atoms with Gasteiger partial charge in [-0.1, -0.05) is 0 Å². The van der Waals surface area contributed by atoms with Gasteiger partial charge in [-0.3, -0.25) is 4.79 Å². The van der Waals surface area contributed by atoms with Crippen molar-refractivity contribution in [2.75, 3.05) is 7.11 Å². The summed E-state index contributed by atoms with van der Waals surface area (Å²) < 4.78 is 18.5. The monoisotopic (exact) mass is 255 g/mol. The van der Waals surface area contributed by atoms with E-state index in [0.29, 0.717) is 4.90 Å². The van der Waals surface area contributed by atoms with Gasteiger partial charge in [0.2, 0.25) is 0 Å². The minimum absolute atomic E-state index is 0.0402. The summed E-state index contributed by atoms with van der Waals surface area (Å²) in [6, 6.07) is 4.27. The fourth-order valence-electron chi connectivity index (χ4n) is 1.83. The molecule has 5 heteroatoms. The van der Waals surface area contributed by atoms with E-state index < -0.39 is 11.7 Å². The first-order valence-corrected chi connectivity index (χ1v) is 5.87. The zero-order valence-electron chi connectivity index (χ0n) is 9.44. The lowest BCUT2D eigenvalue weighted by molar-refractivity contribution is 0.0175. The van der Waals surface area contributed by atoms with E-state index in [0.717, 1.165) is 12.8 Å². The predicted octanol–water partition coefficient (Wildman–Crippen LogP) is 2.02. The highest BCUT2D eigenvalue weighted by Gasteiger charge is 2.30. The summed E-state index contributed by atoms with van der Waals surface area (Å²) in [6.07, 6.45) is 1.77. The van der Waals surface area contributed by atoms with Crippen LogP contribution in [0.4, 0.5) is 4.39 Å². The average Bonchev–Trinajstić information content (AvgIpc) is 2.25. The Kier molecular flexibility index (Phi) is 3.69. The molecule has 0 atom stereocenters. The van der Waals surface area contributed by atoms with Crippen LogP contribution in [0.25, 0.3) is 0 Å². The van der Waals surface area contributed by atoms with Crippen LogP contribution < -0.4 is 5.32 Å². The number of nitrogens with one attached hydrogen (secondary N) is 1. The van der Waals surface area contributed by atoms with Gasteiger partial charge in [-0.05, 0) is 31.0 Å². The molecule has 1 fully saturated rings. The van der Waals surface area contributed by atoms with Crippen molar-refractivity contribution in [3.8, 4) is 0 Å². The van der Waals surface area contributed by atoms with E-state index in [4.69, 9.17) is 4.74 Å². The van der Waals surface area contributed by atoms with Crippen LogP contribution in [0.1, 0.15) is 23.2 Å². The second-order valence-corrected chi connectivity index (χ2v) is 4.68. The number of carbonyl (C=O) groups excluding carboxylic acids is 1. The van der Waals surface area contributed by atoms with Gasteiger partial charge in [0, 0.05) is 18.0 Å². The third-order valence-electron chi connectivity index (χ3n) is 2.96. The van der Waals surface area contributed by atoms with Crippen LogP contribution in [0.2, 0.25) is 0 Å². The molecule has 17 heavy (non-hydrogen) atoms. The second-order valence-electron chi connectivity index (χ2n) is 4.16. The molecule has 0 unspecified atom stereocenters. The predicted molar refractivity (Wildman–Crippen MR) is 64.9 cm³/mol. The van der Waals surface area contributed by atoms with Gasteiger partial charge in [-0.25, -0.2) is 4.39 Å². The lowest BCUT2D eigenvalue weighted by Gasteiger charge is -2.34. The Morgan fingerprint density at radius 2 is 2.24 bits per heavy atom. The molecular weight excluding hydrogens is 241 g/mol. The first-order valence-electron chi connectivity index (χ1n) is 5.42. The van der Waals surface area contributed by atoms with Gasteiger partial charge in [0.1, 0.15) is 5.82 Å². The van der Waals surface area contributed by atoms with Gasteiger partial charge in [-0.2, -0.15) is 0 Å². The van der Waals surface area contributed by atoms with Gasteiger partial charge in [0.25, 0.3) is 5.91 Å². The molecule has 1 aromatic rings. The normalized spacial score (nSPS) is 23.0. The average molecular weight is 255 g/mol. The Morgan fingerprint density at radius 3 is 2.88 bits per heavy atom. The molecule has 1 aliphatic carbocycles. The van der Waals surface area contributed by atoms with Crippen molar-refractivity contribution in [3.63, 3.8) is 0 Å². The number of amides is 1. The summed E-state index contributed by atoms with van der Waals surface area (Å²) >= 11 is 4.09. The van der Waals surface area contributed by atoms with Gasteiger partial charge in [-0.15, -0.1) is 12.6 Å². The Morgan fingerprint density at radius 1 is 1.53 bits per heavy atom. The van der Waals surface area contributed by atoms with Crippen molar-refractivity contribution in [2.45, 2.75) is 29.9 Å². The number of methoxy groups -OCH3 is 1. The lowest BCUT2D eigenvalue weighted by atomic mass is 9.89. The molecular formula is C12H14FNO2S. The van der Waals surface area contributed by atoms with Crippen molar-refractivity contribution in [3.05, 3.63) is 29.6 Å². The number of benzene rings is 1. The van der Waals surface area contributed by atoms with Gasteiger partial charge >= 0.3 is 0 Å². The molecule has 2 rings (SSSR count). The molecule has 0 aliphatic heterocycles. The molecule has 0 radical (unpaired) electrons. The van der Waals surface area contributed by atoms with Crippen molar-refractivity contribution in [1.82, 2.24) is 5.32 Å². The molecule has 0 aromatic heterocycles. The van der Waals surface area contributed by atoms with Gasteiger partial charge < -0.3 is 10.1 Å². The fourth-order valence-corrected chi connectivity index (χ4v) is 2.03. The zero-order valence-corrected chi connectivity index (χ0v) is 10.3. The molecule has 1 N–H and O–H groups in total. The van der Waals surface area contributed by atoms with E-state index in [1.54, 1.807) is 7.11 Å². The fraction of sp³-hybridized carbons (Fsp3) is 0.417. The molecule has 3 nitrogen and oxygen atoms in total. The van der Waals surface area contributed by atoms with E-state index in [2.05, 4.69) is 17.9 Å². The third-order valence-corrected chi connectivity index (χ3v) is 3.24. The van der Waals surface area contributed by atoms with Gasteiger partial charge in [0.15, 0.2) is 0 Å². The van der Waals surface area contributed by atoms with E-state index >= 15 is 0 Å². The number of hydrogen-bond donors (Lipinski definition) is 2. The second kappa shape index (κ2) is 5.06. The first kappa shape index (κ1) is 12.4.